The molecule has 0 aliphatic heterocycles. The highest BCUT2D eigenvalue weighted by atomic mass is 32.2. The summed E-state index contributed by atoms with van der Waals surface area (Å²) in [7, 11) is 0. The SMILES string of the molecule is CCC(=O)S[C@@](C)(/C=C1/C=CCCC1)C(=O)OCc1ccccc1. The molecule has 1 atom stereocenters. The van der Waals surface area contributed by atoms with Gasteiger partial charge in [-0.05, 0) is 31.7 Å². The van der Waals surface area contributed by atoms with E-state index in [0.29, 0.717) is 6.42 Å². The third-order valence-electron chi connectivity index (χ3n) is 3.86. The van der Waals surface area contributed by atoms with Gasteiger partial charge in [-0.1, -0.05) is 72.8 Å². The Morgan fingerprint density at radius 2 is 2.04 bits per heavy atom. The van der Waals surface area contributed by atoms with Gasteiger partial charge in [0.1, 0.15) is 11.4 Å². The van der Waals surface area contributed by atoms with Crippen LogP contribution in [0.2, 0.25) is 0 Å². The number of carbonyl (C=O) groups is 2. The van der Waals surface area contributed by atoms with Crippen LogP contribution in [0.15, 0.2) is 54.1 Å². The average molecular weight is 344 g/mol. The minimum absolute atomic E-state index is 0.00852. The monoisotopic (exact) mass is 344 g/mol. The Bertz CT molecular complexity index is 634. The standard InChI is InChI=1S/C20H24O3S/c1-3-18(21)24-20(2,14-16-10-6-4-7-11-16)19(22)23-15-17-12-8-5-9-13-17/h5-6,8-10,12-14H,3-4,7,11,15H2,1-2H3/b16-14-/t20-/m0/s1. The lowest BCUT2D eigenvalue weighted by atomic mass is 9.98. The van der Waals surface area contributed by atoms with E-state index in [4.69, 9.17) is 4.74 Å². The van der Waals surface area contributed by atoms with Crippen molar-refractivity contribution >= 4 is 22.8 Å². The molecule has 0 saturated heterocycles. The van der Waals surface area contributed by atoms with Gasteiger partial charge in [-0.25, -0.2) is 0 Å². The van der Waals surface area contributed by atoms with Crippen molar-refractivity contribution in [2.75, 3.05) is 0 Å². The molecular weight excluding hydrogens is 320 g/mol. The van der Waals surface area contributed by atoms with Crippen LogP contribution in [0.4, 0.5) is 0 Å². The number of allylic oxidation sites excluding steroid dienone is 3. The van der Waals surface area contributed by atoms with Crippen molar-refractivity contribution in [3.63, 3.8) is 0 Å². The first kappa shape index (κ1) is 18.5. The van der Waals surface area contributed by atoms with Gasteiger partial charge in [0, 0.05) is 6.42 Å². The van der Waals surface area contributed by atoms with Crippen molar-refractivity contribution in [2.24, 2.45) is 0 Å². The van der Waals surface area contributed by atoms with E-state index in [1.54, 1.807) is 13.8 Å². The number of hydrogen-bond donors (Lipinski definition) is 0. The highest BCUT2D eigenvalue weighted by molar-refractivity contribution is 8.15. The van der Waals surface area contributed by atoms with E-state index in [1.807, 2.05) is 42.5 Å². The van der Waals surface area contributed by atoms with E-state index in [2.05, 4.69) is 6.08 Å². The Kier molecular flexibility index (Phi) is 6.85. The maximum atomic E-state index is 12.7. The first-order chi connectivity index (χ1) is 11.5. The topological polar surface area (TPSA) is 43.4 Å². The molecule has 24 heavy (non-hydrogen) atoms. The van der Waals surface area contributed by atoms with Crippen molar-refractivity contribution in [3.8, 4) is 0 Å². The van der Waals surface area contributed by atoms with Crippen molar-refractivity contribution in [2.45, 2.75) is 50.9 Å². The molecule has 0 fully saturated rings. The Morgan fingerprint density at radius 1 is 1.29 bits per heavy atom. The van der Waals surface area contributed by atoms with E-state index in [1.165, 1.54) is 0 Å². The number of thioether (sulfide) groups is 1. The second-order valence-corrected chi connectivity index (χ2v) is 7.52. The molecule has 1 aliphatic carbocycles. The largest absolute Gasteiger partial charge is 0.460 e. The minimum atomic E-state index is -0.987. The van der Waals surface area contributed by atoms with E-state index < -0.39 is 4.75 Å². The fraction of sp³-hybridized carbons (Fsp3) is 0.400. The molecule has 0 amide bonds. The lowest BCUT2D eigenvalue weighted by Gasteiger charge is -2.24. The molecule has 128 valence electrons. The minimum Gasteiger partial charge on any atom is -0.460 e. The molecule has 1 aliphatic rings. The van der Waals surface area contributed by atoms with Crippen molar-refractivity contribution in [3.05, 3.63) is 59.7 Å². The van der Waals surface area contributed by atoms with E-state index in [0.717, 1.165) is 42.2 Å². The Labute approximate surface area is 148 Å². The van der Waals surface area contributed by atoms with Crippen LogP contribution in [0, 0.1) is 0 Å². The summed E-state index contributed by atoms with van der Waals surface area (Å²) in [4.78, 5) is 24.7. The molecule has 0 unspecified atom stereocenters. The lowest BCUT2D eigenvalue weighted by Crippen LogP contribution is -2.33. The van der Waals surface area contributed by atoms with Crippen LogP contribution in [0.3, 0.4) is 0 Å². The van der Waals surface area contributed by atoms with Crippen LogP contribution in [0.25, 0.3) is 0 Å². The Morgan fingerprint density at radius 3 is 2.67 bits per heavy atom. The summed E-state index contributed by atoms with van der Waals surface area (Å²) in [6.07, 6.45) is 9.51. The summed E-state index contributed by atoms with van der Waals surface area (Å²) in [5.74, 6) is -0.371. The second kappa shape index (κ2) is 8.88. The number of esters is 1. The smallest absolute Gasteiger partial charge is 0.326 e. The van der Waals surface area contributed by atoms with Gasteiger partial charge < -0.3 is 4.74 Å². The second-order valence-electron chi connectivity index (χ2n) is 6.01. The van der Waals surface area contributed by atoms with Crippen LogP contribution in [-0.4, -0.2) is 15.8 Å². The quantitative estimate of drug-likeness (QED) is 0.694. The lowest BCUT2D eigenvalue weighted by molar-refractivity contribution is -0.146. The van der Waals surface area contributed by atoms with Crippen molar-refractivity contribution in [1.82, 2.24) is 0 Å². The third kappa shape index (κ3) is 5.38. The molecule has 2 rings (SSSR count). The number of ether oxygens (including phenoxy) is 1. The van der Waals surface area contributed by atoms with E-state index >= 15 is 0 Å². The summed E-state index contributed by atoms with van der Waals surface area (Å²) >= 11 is 1.06. The zero-order valence-electron chi connectivity index (χ0n) is 14.3. The predicted octanol–water partition coefficient (Wildman–Crippen LogP) is 4.82. The Balaban J connectivity index is 2.14. The van der Waals surface area contributed by atoms with Crippen LogP contribution in [-0.2, 0) is 20.9 Å². The molecule has 1 aromatic rings. The molecule has 0 heterocycles. The third-order valence-corrected chi connectivity index (χ3v) is 5.09. The van der Waals surface area contributed by atoms with Gasteiger partial charge in [0.15, 0.2) is 5.12 Å². The summed E-state index contributed by atoms with van der Waals surface area (Å²) < 4.78 is 4.51. The molecule has 3 nitrogen and oxygen atoms in total. The molecule has 0 bridgehead atoms. The van der Waals surface area contributed by atoms with Crippen molar-refractivity contribution in [1.29, 1.82) is 0 Å². The zero-order valence-corrected chi connectivity index (χ0v) is 15.1. The molecule has 0 radical (unpaired) electrons. The zero-order chi connectivity index (χ0) is 17.4. The summed E-state index contributed by atoms with van der Waals surface area (Å²) in [5, 5.41) is -0.00852. The predicted molar refractivity (Wildman–Crippen MR) is 98.6 cm³/mol. The first-order valence-electron chi connectivity index (χ1n) is 8.35. The van der Waals surface area contributed by atoms with Crippen LogP contribution in [0.1, 0.15) is 45.1 Å². The van der Waals surface area contributed by atoms with Gasteiger partial charge >= 0.3 is 5.97 Å². The summed E-state index contributed by atoms with van der Waals surface area (Å²) in [6.45, 7) is 3.79. The number of carbonyl (C=O) groups excluding carboxylic acids is 2. The van der Waals surface area contributed by atoms with Gasteiger partial charge in [0.25, 0.3) is 0 Å². The molecule has 0 aromatic heterocycles. The van der Waals surface area contributed by atoms with E-state index in [9.17, 15) is 9.59 Å². The molecule has 0 spiro atoms. The Hall–Kier alpha value is -1.81. The van der Waals surface area contributed by atoms with Gasteiger partial charge in [-0.15, -0.1) is 0 Å². The number of benzene rings is 1. The van der Waals surface area contributed by atoms with Crippen LogP contribution in [0.5, 0.6) is 0 Å². The number of rotatable bonds is 6. The van der Waals surface area contributed by atoms with Gasteiger partial charge in [0.2, 0.25) is 0 Å². The van der Waals surface area contributed by atoms with Crippen LogP contribution >= 0.6 is 11.8 Å². The molecule has 0 saturated carbocycles. The maximum Gasteiger partial charge on any atom is 0.326 e. The highest BCUT2D eigenvalue weighted by Gasteiger charge is 2.36. The van der Waals surface area contributed by atoms with Gasteiger partial charge in [0.05, 0.1) is 0 Å². The maximum absolute atomic E-state index is 12.7. The molecule has 1 aromatic carbocycles. The fourth-order valence-electron chi connectivity index (χ4n) is 2.52. The molecular formula is C20H24O3S. The van der Waals surface area contributed by atoms with Gasteiger partial charge in [-0.2, -0.15) is 0 Å². The summed E-state index contributed by atoms with van der Waals surface area (Å²) in [6, 6.07) is 9.57. The average Bonchev–Trinajstić information content (AvgIpc) is 2.61. The number of hydrogen-bond acceptors (Lipinski definition) is 4. The van der Waals surface area contributed by atoms with E-state index in [-0.39, 0.29) is 17.7 Å². The molecule has 4 heteroatoms. The summed E-state index contributed by atoms with van der Waals surface area (Å²) in [5.41, 5.74) is 2.03. The molecule has 0 N–H and O–H groups in total. The first-order valence-corrected chi connectivity index (χ1v) is 9.16. The van der Waals surface area contributed by atoms with Crippen molar-refractivity contribution < 1.29 is 14.3 Å². The highest BCUT2D eigenvalue weighted by Crippen LogP contribution is 2.33. The van der Waals surface area contributed by atoms with Crippen LogP contribution < -0.4 is 0 Å². The normalized spacial score (nSPS) is 18.2. The van der Waals surface area contributed by atoms with Gasteiger partial charge in [-0.3, -0.25) is 9.59 Å². The fourth-order valence-corrected chi connectivity index (χ4v) is 3.49.